The molecule has 2 aromatic rings. The molecule has 6 nitrogen and oxygen atoms in total. The van der Waals surface area contributed by atoms with Crippen LogP contribution in [0.2, 0.25) is 0 Å². The summed E-state index contributed by atoms with van der Waals surface area (Å²) in [6.07, 6.45) is 6.03. The van der Waals surface area contributed by atoms with Gasteiger partial charge in [0.1, 0.15) is 6.33 Å². The third-order valence-corrected chi connectivity index (χ3v) is 5.32. The SMILES string of the molecule is Cl.O=C(Nc1ccc(-c2ncn[nH]2)cc1)[C@@]12CCCC[C@H]1CNC2. The lowest BCUT2D eigenvalue weighted by molar-refractivity contribution is -0.128. The second-order valence-electron chi connectivity index (χ2n) is 6.60. The molecule has 0 spiro atoms. The quantitative estimate of drug-likeness (QED) is 0.797. The zero-order valence-electron chi connectivity index (χ0n) is 13.4. The Balaban J connectivity index is 0.00000169. The Hall–Kier alpha value is -1.92. The fourth-order valence-corrected chi connectivity index (χ4v) is 4.00. The minimum atomic E-state index is -0.220. The Labute approximate surface area is 147 Å². The molecular formula is C17H22ClN5O. The molecule has 1 saturated heterocycles. The summed E-state index contributed by atoms with van der Waals surface area (Å²) in [7, 11) is 0. The van der Waals surface area contributed by atoms with Gasteiger partial charge in [0.2, 0.25) is 5.91 Å². The topological polar surface area (TPSA) is 82.7 Å². The van der Waals surface area contributed by atoms with Crippen LogP contribution in [-0.2, 0) is 4.79 Å². The van der Waals surface area contributed by atoms with Crippen LogP contribution in [0.25, 0.3) is 11.4 Å². The first-order valence-electron chi connectivity index (χ1n) is 8.26. The smallest absolute Gasteiger partial charge is 0.232 e. The summed E-state index contributed by atoms with van der Waals surface area (Å²) in [6.45, 7) is 1.78. The second-order valence-corrected chi connectivity index (χ2v) is 6.60. The van der Waals surface area contributed by atoms with Crippen molar-refractivity contribution in [2.45, 2.75) is 25.7 Å². The lowest BCUT2D eigenvalue weighted by Gasteiger charge is -2.37. The summed E-state index contributed by atoms with van der Waals surface area (Å²) in [6, 6.07) is 7.73. The first-order chi connectivity index (χ1) is 11.3. The summed E-state index contributed by atoms with van der Waals surface area (Å²) in [5, 5.41) is 13.2. The van der Waals surface area contributed by atoms with Crippen molar-refractivity contribution in [3.63, 3.8) is 0 Å². The molecule has 128 valence electrons. The van der Waals surface area contributed by atoms with Crippen molar-refractivity contribution in [2.24, 2.45) is 11.3 Å². The number of fused-ring (bicyclic) bond motifs is 1. The fourth-order valence-electron chi connectivity index (χ4n) is 4.00. The molecule has 1 aromatic heterocycles. The van der Waals surface area contributed by atoms with Gasteiger partial charge in [-0.15, -0.1) is 12.4 Å². The molecule has 1 aliphatic heterocycles. The van der Waals surface area contributed by atoms with Gasteiger partial charge >= 0.3 is 0 Å². The minimum absolute atomic E-state index is 0. The molecule has 2 atom stereocenters. The van der Waals surface area contributed by atoms with Gasteiger partial charge < -0.3 is 10.6 Å². The van der Waals surface area contributed by atoms with Crippen molar-refractivity contribution in [2.75, 3.05) is 18.4 Å². The number of aromatic amines is 1. The molecule has 7 heteroatoms. The van der Waals surface area contributed by atoms with E-state index < -0.39 is 0 Å². The predicted molar refractivity (Wildman–Crippen MR) is 95.0 cm³/mol. The number of aromatic nitrogens is 3. The lowest BCUT2D eigenvalue weighted by Crippen LogP contribution is -2.44. The number of nitrogens with zero attached hydrogens (tertiary/aromatic N) is 2. The van der Waals surface area contributed by atoms with E-state index in [0.29, 0.717) is 5.92 Å². The van der Waals surface area contributed by atoms with Crippen molar-refractivity contribution in [3.8, 4) is 11.4 Å². The standard InChI is InChI=1S/C17H21N5O.ClH/c23-16(17-8-2-1-3-13(17)9-18-10-17)21-14-6-4-12(5-7-14)15-19-11-20-22-15;/h4-7,11,13,18H,1-3,8-10H2,(H,21,23)(H,19,20,22);1H/t13-,17+;/m0./s1. The Morgan fingerprint density at radius 3 is 2.83 bits per heavy atom. The number of hydrogen-bond acceptors (Lipinski definition) is 4. The van der Waals surface area contributed by atoms with Crippen molar-refractivity contribution in [1.82, 2.24) is 20.5 Å². The highest BCUT2D eigenvalue weighted by Crippen LogP contribution is 2.44. The number of amides is 1. The van der Waals surface area contributed by atoms with Crippen LogP contribution in [0.1, 0.15) is 25.7 Å². The second kappa shape index (κ2) is 6.91. The van der Waals surface area contributed by atoms with Crippen LogP contribution in [-0.4, -0.2) is 34.2 Å². The number of anilines is 1. The van der Waals surface area contributed by atoms with E-state index >= 15 is 0 Å². The summed E-state index contributed by atoms with van der Waals surface area (Å²) in [5.74, 6) is 1.37. The molecular weight excluding hydrogens is 326 g/mol. The van der Waals surface area contributed by atoms with E-state index in [9.17, 15) is 4.79 Å². The number of H-pyrrole nitrogens is 1. The maximum absolute atomic E-state index is 12.9. The number of carbonyl (C=O) groups excluding carboxylic acids is 1. The van der Waals surface area contributed by atoms with Gasteiger partial charge in [0.15, 0.2) is 5.82 Å². The van der Waals surface area contributed by atoms with E-state index in [4.69, 9.17) is 0 Å². The first-order valence-corrected chi connectivity index (χ1v) is 8.26. The van der Waals surface area contributed by atoms with Crippen LogP contribution >= 0.6 is 12.4 Å². The maximum atomic E-state index is 12.9. The van der Waals surface area contributed by atoms with Crippen LogP contribution in [0.5, 0.6) is 0 Å². The molecule has 3 N–H and O–H groups in total. The van der Waals surface area contributed by atoms with Crippen LogP contribution in [0.4, 0.5) is 5.69 Å². The number of carbonyl (C=O) groups is 1. The monoisotopic (exact) mass is 347 g/mol. The largest absolute Gasteiger partial charge is 0.326 e. The van der Waals surface area contributed by atoms with Crippen molar-refractivity contribution >= 4 is 24.0 Å². The van der Waals surface area contributed by atoms with E-state index in [1.807, 2.05) is 24.3 Å². The highest BCUT2D eigenvalue weighted by atomic mass is 35.5. The lowest BCUT2D eigenvalue weighted by atomic mass is 9.67. The number of benzene rings is 1. The molecule has 0 bridgehead atoms. The van der Waals surface area contributed by atoms with Gasteiger partial charge in [0.25, 0.3) is 0 Å². The van der Waals surface area contributed by atoms with Gasteiger partial charge in [-0.05, 0) is 49.6 Å². The van der Waals surface area contributed by atoms with Crippen molar-refractivity contribution in [3.05, 3.63) is 30.6 Å². The summed E-state index contributed by atoms with van der Waals surface area (Å²) in [4.78, 5) is 17.0. The third-order valence-electron chi connectivity index (χ3n) is 5.32. The molecule has 2 heterocycles. The summed E-state index contributed by atoms with van der Waals surface area (Å²) < 4.78 is 0. The van der Waals surface area contributed by atoms with Crippen LogP contribution in [0.15, 0.2) is 30.6 Å². The van der Waals surface area contributed by atoms with Gasteiger partial charge in [-0.3, -0.25) is 9.89 Å². The Morgan fingerprint density at radius 2 is 2.08 bits per heavy atom. The zero-order valence-corrected chi connectivity index (χ0v) is 14.2. The number of hydrogen-bond donors (Lipinski definition) is 3. The van der Waals surface area contributed by atoms with Gasteiger partial charge in [-0.25, -0.2) is 4.98 Å². The molecule has 1 saturated carbocycles. The minimum Gasteiger partial charge on any atom is -0.326 e. The maximum Gasteiger partial charge on any atom is 0.232 e. The van der Waals surface area contributed by atoms with Gasteiger partial charge in [0, 0.05) is 17.8 Å². The van der Waals surface area contributed by atoms with E-state index in [-0.39, 0.29) is 23.7 Å². The Morgan fingerprint density at radius 1 is 1.25 bits per heavy atom. The molecule has 0 radical (unpaired) electrons. The number of halogens is 1. The normalized spacial score (nSPS) is 25.6. The van der Waals surface area contributed by atoms with E-state index in [0.717, 1.165) is 49.4 Å². The average Bonchev–Trinajstić information content (AvgIpc) is 3.25. The zero-order chi connectivity index (χ0) is 15.7. The molecule has 2 fully saturated rings. The van der Waals surface area contributed by atoms with E-state index in [1.165, 1.54) is 12.7 Å². The Bertz CT molecular complexity index is 688. The van der Waals surface area contributed by atoms with Gasteiger partial charge in [0.05, 0.1) is 5.41 Å². The highest BCUT2D eigenvalue weighted by Gasteiger charge is 2.49. The molecule has 1 amide bonds. The highest BCUT2D eigenvalue weighted by molar-refractivity contribution is 5.96. The molecule has 1 aromatic carbocycles. The van der Waals surface area contributed by atoms with Crippen LogP contribution in [0.3, 0.4) is 0 Å². The fraction of sp³-hybridized carbons (Fsp3) is 0.471. The van der Waals surface area contributed by atoms with E-state index in [2.05, 4.69) is 25.8 Å². The predicted octanol–water partition coefficient (Wildman–Crippen LogP) is 2.61. The average molecular weight is 348 g/mol. The van der Waals surface area contributed by atoms with Crippen LogP contribution in [0, 0.1) is 11.3 Å². The van der Waals surface area contributed by atoms with Gasteiger partial charge in [-0.2, -0.15) is 5.10 Å². The molecule has 4 rings (SSSR count). The third kappa shape index (κ3) is 2.91. The summed E-state index contributed by atoms with van der Waals surface area (Å²) in [5.41, 5.74) is 1.57. The number of nitrogens with one attached hydrogen (secondary N) is 3. The summed E-state index contributed by atoms with van der Waals surface area (Å²) >= 11 is 0. The van der Waals surface area contributed by atoms with E-state index in [1.54, 1.807) is 0 Å². The van der Waals surface area contributed by atoms with Gasteiger partial charge in [-0.1, -0.05) is 12.8 Å². The van der Waals surface area contributed by atoms with Crippen LogP contribution < -0.4 is 10.6 Å². The molecule has 0 unspecified atom stereocenters. The molecule has 24 heavy (non-hydrogen) atoms. The molecule has 2 aliphatic rings. The molecule has 1 aliphatic carbocycles. The van der Waals surface area contributed by atoms with Crippen molar-refractivity contribution in [1.29, 1.82) is 0 Å². The van der Waals surface area contributed by atoms with Crippen molar-refractivity contribution < 1.29 is 4.79 Å². The first kappa shape index (κ1) is 16.9. The number of rotatable bonds is 3. The Kier molecular flexibility index (Phi) is 4.87.